The van der Waals surface area contributed by atoms with E-state index in [9.17, 15) is 13.2 Å². The first-order valence-corrected chi connectivity index (χ1v) is 5.88. The Morgan fingerprint density at radius 2 is 2.11 bits per heavy atom. The van der Waals surface area contributed by atoms with Gasteiger partial charge in [0.25, 0.3) is 0 Å². The molecule has 0 N–H and O–H groups in total. The highest BCUT2D eigenvalue weighted by molar-refractivity contribution is 6.20. The maximum Gasteiger partial charge on any atom is 0.416 e. The summed E-state index contributed by atoms with van der Waals surface area (Å²) in [6.45, 7) is 1.83. The zero-order valence-corrected chi connectivity index (χ0v) is 10.7. The van der Waals surface area contributed by atoms with Crippen molar-refractivity contribution in [3.05, 3.63) is 41.2 Å². The number of nitrogens with zero attached hydrogens (tertiary/aromatic N) is 4. The topological polar surface area (TPSA) is 43.6 Å². The van der Waals surface area contributed by atoms with E-state index in [0.29, 0.717) is 11.4 Å². The Labute approximate surface area is 112 Å². The smallest absolute Gasteiger partial charge is 0.224 e. The van der Waals surface area contributed by atoms with Gasteiger partial charge in [0.15, 0.2) is 5.82 Å². The Bertz CT molecular complexity index is 565. The van der Waals surface area contributed by atoms with Crippen LogP contribution in [0.15, 0.2) is 24.3 Å². The maximum atomic E-state index is 12.6. The molecule has 0 bridgehead atoms. The Hall–Kier alpha value is -1.63. The molecule has 102 valence electrons. The van der Waals surface area contributed by atoms with E-state index in [2.05, 4.69) is 15.5 Å². The van der Waals surface area contributed by atoms with E-state index in [1.807, 2.05) is 0 Å². The largest absolute Gasteiger partial charge is 0.416 e. The second-order valence-corrected chi connectivity index (χ2v) is 4.66. The summed E-state index contributed by atoms with van der Waals surface area (Å²) in [6, 6.07) is 5.03. The number of halogens is 4. The van der Waals surface area contributed by atoms with Crippen molar-refractivity contribution in [3.8, 4) is 0 Å². The first-order valence-electron chi connectivity index (χ1n) is 5.44. The SMILES string of the molecule is CC(Cl)c1nnnn1Cc1cccc(C(F)(F)F)c1. The molecule has 1 aromatic heterocycles. The van der Waals surface area contributed by atoms with Crippen molar-refractivity contribution in [2.45, 2.75) is 25.0 Å². The van der Waals surface area contributed by atoms with Crippen molar-refractivity contribution >= 4 is 11.6 Å². The molecule has 0 saturated heterocycles. The van der Waals surface area contributed by atoms with Crippen molar-refractivity contribution < 1.29 is 13.2 Å². The lowest BCUT2D eigenvalue weighted by molar-refractivity contribution is -0.137. The lowest BCUT2D eigenvalue weighted by atomic mass is 10.1. The van der Waals surface area contributed by atoms with Crippen LogP contribution in [0.5, 0.6) is 0 Å². The van der Waals surface area contributed by atoms with Crippen molar-refractivity contribution in [2.75, 3.05) is 0 Å². The van der Waals surface area contributed by atoms with Crippen LogP contribution in [-0.2, 0) is 12.7 Å². The van der Waals surface area contributed by atoms with Gasteiger partial charge in [0, 0.05) is 0 Å². The van der Waals surface area contributed by atoms with Crippen LogP contribution < -0.4 is 0 Å². The fourth-order valence-corrected chi connectivity index (χ4v) is 1.78. The number of hydrogen-bond acceptors (Lipinski definition) is 3. The average Bonchev–Trinajstić information content (AvgIpc) is 2.76. The van der Waals surface area contributed by atoms with Gasteiger partial charge in [0.1, 0.15) is 0 Å². The molecule has 0 aliphatic heterocycles. The number of tetrazole rings is 1. The summed E-state index contributed by atoms with van der Waals surface area (Å²) in [6.07, 6.45) is -4.36. The molecule has 19 heavy (non-hydrogen) atoms. The predicted octanol–water partition coefficient (Wildman–Crippen LogP) is 3.04. The van der Waals surface area contributed by atoms with Crippen LogP contribution in [0.1, 0.15) is 29.3 Å². The zero-order valence-electron chi connectivity index (χ0n) is 9.89. The van der Waals surface area contributed by atoms with Crippen LogP contribution >= 0.6 is 11.6 Å². The molecule has 0 fully saturated rings. The molecule has 2 aromatic rings. The first kappa shape index (κ1) is 13.8. The van der Waals surface area contributed by atoms with Gasteiger partial charge in [-0.15, -0.1) is 16.7 Å². The third-order valence-electron chi connectivity index (χ3n) is 2.50. The molecule has 0 radical (unpaired) electrons. The third-order valence-corrected chi connectivity index (χ3v) is 2.70. The molecule has 0 aliphatic rings. The number of rotatable bonds is 3. The standard InChI is InChI=1S/C11H10ClF3N4/c1-7(12)10-16-17-18-19(10)6-8-3-2-4-9(5-8)11(13,14)15/h2-5,7H,6H2,1H3. The molecule has 0 aliphatic carbocycles. The third kappa shape index (κ3) is 3.23. The zero-order chi connectivity index (χ0) is 14.0. The van der Waals surface area contributed by atoms with E-state index in [4.69, 9.17) is 11.6 Å². The summed E-state index contributed by atoms with van der Waals surface area (Å²) in [5.74, 6) is 0.416. The quantitative estimate of drug-likeness (QED) is 0.816. The molecule has 1 unspecified atom stereocenters. The van der Waals surface area contributed by atoms with Crippen molar-refractivity contribution in [1.82, 2.24) is 20.2 Å². The molecule has 2 rings (SSSR count). The minimum atomic E-state index is -4.36. The molecular formula is C11H10ClF3N4. The van der Waals surface area contributed by atoms with E-state index >= 15 is 0 Å². The highest BCUT2D eigenvalue weighted by Crippen LogP contribution is 2.29. The summed E-state index contributed by atoms with van der Waals surface area (Å²) in [5.41, 5.74) is -0.237. The molecule has 1 atom stereocenters. The molecule has 1 heterocycles. The van der Waals surface area contributed by atoms with E-state index < -0.39 is 17.1 Å². The lowest BCUT2D eigenvalue weighted by Crippen LogP contribution is -2.10. The number of benzene rings is 1. The van der Waals surface area contributed by atoms with Gasteiger partial charge in [-0.05, 0) is 35.0 Å². The Morgan fingerprint density at radius 3 is 2.74 bits per heavy atom. The lowest BCUT2D eigenvalue weighted by Gasteiger charge is -2.09. The average molecular weight is 291 g/mol. The second-order valence-electron chi connectivity index (χ2n) is 4.01. The second kappa shape index (κ2) is 5.16. The van der Waals surface area contributed by atoms with Crippen LogP contribution in [0.25, 0.3) is 0 Å². The molecule has 8 heteroatoms. The molecular weight excluding hydrogens is 281 g/mol. The Morgan fingerprint density at radius 1 is 1.37 bits per heavy atom. The fourth-order valence-electron chi connectivity index (χ4n) is 1.63. The Balaban J connectivity index is 2.26. The number of hydrogen-bond donors (Lipinski definition) is 0. The van der Waals surface area contributed by atoms with Gasteiger partial charge in [0.2, 0.25) is 0 Å². The van der Waals surface area contributed by atoms with Crippen LogP contribution in [0.3, 0.4) is 0 Å². The molecule has 0 amide bonds. The van der Waals surface area contributed by atoms with Gasteiger partial charge >= 0.3 is 6.18 Å². The van der Waals surface area contributed by atoms with E-state index in [1.165, 1.54) is 10.7 Å². The fraction of sp³-hybridized carbons (Fsp3) is 0.364. The van der Waals surface area contributed by atoms with Crippen LogP contribution in [-0.4, -0.2) is 20.2 Å². The molecule has 0 saturated carbocycles. The normalized spacial score (nSPS) is 13.5. The summed E-state index contributed by atoms with van der Waals surface area (Å²) in [7, 11) is 0. The van der Waals surface area contributed by atoms with Gasteiger partial charge in [-0.1, -0.05) is 12.1 Å². The summed E-state index contributed by atoms with van der Waals surface area (Å²) < 4.78 is 39.1. The predicted molar refractivity (Wildman–Crippen MR) is 62.6 cm³/mol. The van der Waals surface area contributed by atoms with E-state index in [0.717, 1.165) is 12.1 Å². The summed E-state index contributed by atoms with van der Waals surface area (Å²) >= 11 is 5.88. The van der Waals surface area contributed by atoms with Gasteiger partial charge in [-0.2, -0.15) is 13.2 Å². The van der Waals surface area contributed by atoms with Crippen LogP contribution in [0.2, 0.25) is 0 Å². The van der Waals surface area contributed by atoms with Crippen LogP contribution in [0, 0.1) is 0 Å². The van der Waals surface area contributed by atoms with Crippen molar-refractivity contribution in [1.29, 1.82) is 0 Å². The number of alkyl halides is 4. The molecule has 1 aromatic carbocycles. The van der Waals surface area contributed by atoms with Crippen LogP contribution in [0.4, 0.5) is 13.2 Å². The van der Waals surface area contributed by atoms with E-state index in [1.54, 1.807) is 13.0 Å². The van der Waals surface area contributed by atoms with Gasteiger partial charge in [0.05, 0.1) is 17.5 Å². The van der Waals surface area contributed by atoms with Crippen molar-refractivity contribution in [3.63, 3.8) is 0 Å². The Kier molecular flexibility index (Phi) is 3.75. The minimum Gasteiger partial charge on any atom is -0.224 e. The van der Waals surface area contributed by atoms with Crippen molar-refractivity contribution in [2.24, 2.45) is 0 Å². The summed E-state index contributed by atoms with van der Waals surface area (Å²) in [4.78, 5) is 0. The highest BCUT2D eigenvalue weighted by Gasteiger charge is 2.30. The van der Waals surface area contributed by atoms with Gasteiger partial charge in [-0.25, -0.2) is 4.68 Å². The molecule has 0 spiro atoms. The maximum absolute atomic E-state index is 12.6. The van der Waals surface area contributed by atoms with Gasteiger partial charge < -0.3 is 0 Å². The number of aromatic nitrogens is 4. The van der Waals surface area contributed by atoms with E-state index in [-0.39, 0.29) is 6.54 Å². The molecule has 4 nitrogen and oxygen atoms in total. The minimum absolute atomic E-state index is 0.142. The highest BCUT2D eigenvalue weighted by atomic mass is 35.5. The summed E-state index contributed by atoms with van der Waals surface area (Å²) in [5, 5.41) is 10.5. The van der Waals surface area contributed by atoms with Gasteiger partial charge in [-0.3, -0.25) is 0 Å². The first-order chi connectivity index (χ1) is 8.88. The monoisotopic (exact) mass is 290 g/mol.